The fraction of sp³-hybridized carbons (Fsp3) is 0.571. The molecule has 292 valence electrons. The van der Waals surface area contributed by atoms with Gasteiger partial charge in [0.25, 0.3) is 11.8 Å². The molecule has 3 aliphatic carbocycles. The van der Waals surface area contributed by atoms with E-state index in [0.29, 0.717) is 45.1 Å². The number of amides is 5. The minimum Gasteiger partial charge on any atom is -0.346 e. The van der Waals surface area contributed by atoms with Crippen LogP contribution in [0.25, 0.3) is 0 Å². The number of β-lactam (4-membered cyclic amide) rings is 1. The predicted molar refractivity (Wildman–Crippen MR) is 203 cm³/mol. The van der Waals surface area contributed by atoms with Crippen molar-refractivity contribution in [1.29, 1.82) is 0 Å². The molecule has 2 saturated heterocycles. The Labute approximate surface area is 322 Å². The Bertz CT molecular complexity index is 1800. The van der Waals surface area contributed by atoms with Crippen LogP contribution in [0.1, 0.15) is 93.3 Å². The van der Waals surface area contributed by atoms with Gasteiger partial charge in [-0.05, 0) is 73.3 Å². The summed E-state index contributed by atoms with van der Waals surface area (Å²) >= 11 is 0. The lowest BCUT2D eigenvalue weighted by molar-refractivity contribution is -0.183. The fourth-order valence-corrected chi connectivity index (χ4v) is 9.78. The van der Waals surface area contributed by atoms with Gasteiger partial charge in [-0.1, -0.05) is 76.3 Å². The van der Waals surface area contributed by atoms with Crippen LogP contribution in [0.4, 0.5) is 0 Å². The Kier molecular flexibility index (Phi) is 11.2. The number of Topliss-reactive ketones (excluding diaryl/α,β-unsaturated/α-hetero) is 1. The molecule has 2 aliphatic heterocycles. The number of benzene rings is 1. The zero-order valence-corrected chi connectivity index (χ0v) is 31.9. The van der Waals surface area contributed by atoms with Crippen molar-refractivity contribution < 1.29 is 28.8 Å². The second-order valence-electron chi connectivity index (χ2n) is 16.5. The highest BCUT2D eigenvalue weighted by molar-refractivity contribution is 6.38. The third kappa shape index (κ3) is 7.54. The Balaban J connectivity index is 1.21. The molecule has 5 amide bonds. The molecule has 1 aromatic carbocycles. The zero-order chi connectivity index (χ0) is 38.9. The quantitative estimate of drug-likeness (QED) is 0.150. The molecule has 7 rings (SSSR count). The van der Waals surface area contributed by atoms with Crippen molar-refractivity contribution in [2.24, 2.45) is 23.7 Å². The number of fused-ring (bicyclic) bond motifs is 1. The molecule has 1 spiro atoms. The van der Waals surface area contributed by atoms with Crippen molar-refractivity contribution in [2.75, 3.05) is 13.1 Å². The first-order chi connectivity index (χ1) is 26.5. The van der Waals surface area contributed by atoms with Gasteiger partial charge >= 0.3 is 0 Å². The van der Waals surface area contributed by atoms with Crippen LogP contribution in [0.15, 0.2) is 55.5 Å². The molecule has 55 heavy (non-hydrogen) atoms. The number of nitrogens with one attached hydrogen (secondary N) is 3. The molecule has 13 nitrogen and oxygen atoms in total. The molecule has 3 heterocycles. The van der Waals surface area contributed by atoms with Crippen molar-refractivity contribution in [3.8, 4) is 0 Å². The van der Waals surface area contributed by atoms with E-state index < -0.39 is 53.2 Å². The van der Waals surface area contributed by atoms with E-state index in [9.17, 15) is 24.0 Å². The first-order valence-electron chi connectivity index (χ1n) is 20.0. The minimum absolute atomic E-state index is 0.0345. The number of hydrogen-bond donors (Lipinski definition) is 3. The molecule has 5 atom stereocenters. The monoisotopic (exact) mass is 751 g/mol. The van der Waals surface area contributed by atoms with E-state index in [2.05, 4.69) is 44.6 Å². The minimum atomic E-state index is -1.02. The summed E-state index contributed by atoms with van der Waals surface area (Å²) in [5, 5.41) is 8.46. The highest BCUT2D eigenvalue weighted by Gasteiger charge is 2.65. The average Bonchev–Trinajstić information content (AvgIpc) is 3.72. The summed E-state index contributed by atoms with van der Waals surface area (Å²) in [7, 11) is 0. The van der Waals surface area contributed by atoms with Crippen molar-refractivity contribution >= 4 is 35.3 Å². The van der Waals surface area contributed by atoms with E-state index in [1.54, 1.807) is 9.80 Å². The van der Waals surface area contributed by atoms with Crippen LogP contribution in [0.5, 0.6) is 0 Å². The van der Waals surface area contributed by atoms with Crippen LogP contribution in [0.3, 0.4) is 0 Å². The Hall–Kier alpha value is -4.94. The molecule has 4 fully saturated rings. The van der Waals surface area contributed by atoms with Crippen molar-refractivity contribution in [1.82, 2.24) is 35.7 Å². The van der Waals surface area contributed by atoms with Gasteiger partial charge in [-0.3, -0.25) is 33.8 Å². The van der Waals surface area contributed by atoms with Crippen LogP contribution < -0.4 is 16.0 Å². The van der Waals surface area contributed by atoms with Gasteiger partial charge in [0.1, 0.15) is 23.8 Å². The molecule has 2 saturated carbocycles. The maximum atomic E-state index is 15.5. The van der Waals surface area contributed by atoms with Crippen molar-refractivity contribution in [3.63, 3.8) is 0 Å². The SMILES string of the molecule is C=CCNC(=O)C(=O)C(CC1CC1)NC(=O)[C@@H]1[C@@H](C(C)C)CCN1C(=O)[C@H](C1Cc2ccccc2C1)N1C(=O)[C@@H](NC(=O)c2cnccn2)C12CCCCC2. The van der Waals surface area contributed by atoms with E-state index in [1.807, 2.05) is 26.0 Å². The molecule has 1 unspecified atom stereocenters. The van der Waals surface area contributed by atoms with E-state index in [4.69, 9.17) is 0 Å². The van der Waals surface area contributed by atoms with E-state index in [-0.39, 0.29) is 47.7 Å². The molecule has 2 aromatic rings. The first kappa shape index (κ1) is 38.3. The van der Waals surface area contributed by atoms with E-state index >= 15 is 4.79 Å². The molecular weight excluding hydrogens is 699 g/mol. The molecule has 1 aromatic heterocycles. The summed E-state index contributed by atoms with van der Waals surface area (Å²) in [5.41, 5.74) is 1.60. The Morgan fingerprint density at radius 2 is 1.71 bits per heavy atom. The molecule has 3 N–H and O–H groups in total. The number of aromatic nitrogens is 2. The summed E-state index contributed by atoms with van der Waals surface area (Å²) in [5.74, 6) is -3.20. The molecule has 0 bridgehead atoms. The topological polar surface area (TPSA) is 171 Å². The maximum absolute atomic E-state index is 15.5. The predicted octanol–water partition coefficient (Wildman–Crippen LogP) is 2.93. The number of rotatable bonds is 14. The number of likely N-dealkylation sites (tertiary alicyclic amines) is 2. The molecule has 0 radical (unpaired) electrons. The third-order valence-electron chi connectivity index (χ3n) is 12.7. The first-order valence-corrected chi connectivity index (χ1v) is 20.0. The lowest BCUT2D eigenvalue weighted by atomic mass is 9.66. The standard InChI is InChI=1S/C42H53N7O6/c1-4-17-45-39(53)35(50)31(21-26-12-13-26)46-38(52)34-30(25(2)3)14-20-48(34)40(54)33(29-22-27-10-6-7-11-28(27)23-29)49-41(55)36(42(49)15-8-5-9-16-42)47-37(51)32-24-43-18-19-44-32/h4,6-7,10-11,18-19,24-26,29-31,33-34,36H,1,5,8-9,12-17,20-23H2,2-3H3,(H,45,53)(H,46,52)(H,47,51)/t30-,31?,33+,34+,36-/m1/s1. The van der Waals surface area contributed by atoms with Crippen molar-refractivity contribution in [3.05, 3.63) is 72.3 Å². The summed E-state index contributed by atoms with van der Waals surface area (Å²) in [4.78, 5) is 95.8. The van der Waals surface area contributed by atoms with Crippen LogP contribution in [-0.4, -0.2) is 97.9 Å². The van der Waals surface area contributed by atoms with Gasteiger partial charge in [-0.25, -0.2) is 4.98 Å². The van der Waals surface area contributed by atoms with Crippen LogP contribution in [0, 0.1) is 23.7 Å². The summed E-state index contributed by atoms with van der Waals surface area (Å²) in [6.45, 7) is 8.11. The largest absolute Gasteiger partial charge is 0.346 e. The molecule has 13 heteroatoms. The van der Waals surface area contributed by atoms with Crippen LogP contribution in [-0.2, 0) is 36.8 Å². The Morgan fingerprint density at radius 1 is 1.00 bits per heavy atom. The molecular formula is C42H53N7O6. The van der Waals surface area contributed by atoms with E-state index in [1.165, 1.54) is 24.7 Å². The van der Waals surface area contributed by atoms with Gasteiger partial charge in [-0.2, -0.15) is 0 Å². The van der Waals surface area contributed by atoms with Crippen molar-refractivity contribution in [2.45, 2.75) is 114 Å². The fourth-order valence-electron chi connectivity index (χ4n) is 9.78. The summed E-state index contributed by atoms with van der Waals surface area (Å²) < 4.78 is 0. The van der Waals surface area contributed by atoms with E-state index in [0.717, 1.165) is 43.2 Å². The number of ketones is 1. The lowest BCUT2D eigenvalue weighted by Crippen LogP contribution is -2.83. The smallest absolute Gasteiger partial charge is 0.289 e. The lowest BCUT2D eigenvalue weighted by Gasteiger charge is -2.62. The number of nitrogens with zero attached hydrogens (tertiary/aromatic N) is 4. The van der Waals surface area contributed by atoms with Gasteiger partial charge in [0, 0.05) is 25.5 Å². The van der Waals surface area contributed by atoms with Crippen LogP contribution in [0.2, 0.25) is 0 Å². The van der Waals surface area contributed by atoms with Gasteiger partial charge in [0.2, 0.25) is 23.5 Å². The number of carbonyl (C=O) groups is 6. The van der Waals surface area contributed by atoms with Gasteiger partial charge in [-0.15, -0.1) is 6.58 Å². The Morgan fingerprint density at radius 3 is 2.33 bits per heavy atom. The van der Waals surface area contributed by atoms with Gasteiger partial charge < -0.3 is 25.8 Å². The second-order valence-corrected chi connectivity index (χ2v) is 16.5. The van der Waals surface area contributed by atoms with Gasteiger partial charge in [0.05, 0.1) is 17.8 Å². The van der Waals surface area contributed by atoms with Crippen LogP contribution >= 0.6 is 0 Å². The summed E-state index contributed by atoms with van der Waals surface area (Å²) in [6, 6.07) is 4.49. The maximum Gasteiger partial charge on any atom is 0.289 e. The second kappa shape index (κ2) is 16.0. The molecule has 5 aliphatic rings. The average molecular weight is 752 g/mol. The zero-order valence-electron chi connectivity index (χ0n) is 31.9. The highest BCUT2D eigenvalue weighted by Crippen LogP contribution is 2.49. The number of hydrogen-bond acceptors (Lipinski definition) is 8. The normalized spacial score (nSPS) is 24.1. The number of carbonyl (C=O) groups excluding carboxylic acids is 6. The summed E-state index contributed by atoms with van der Waals surface area (Å²) in [6.07, 6.45) is 13.7. The third-order valence-corrected chi connectivity index (χ3v) is 12.7. The highest BCUT2D eigenvalue weighted by atomic mass is 16.2. The van der Waals surface area contributed by atoms with Gasteiger partial charge in [0.15, 0.2) is 0 Å².